The number of nitrogens with zero attached hydrogens (tertiary/aromatic N) is 1. The lowest BCUT2D eigenvalue weighted by Crippen LogP contribution is -1.81. The van der Waals surface area contributed by atoms with Crippen LogP contribution in [0.15, 0.2) is 34.8 Å². The number of nitrogens with two attached hydrogens (primary N) is 1. The van der Waals surface area contributed by atoms with E-state index in [4.69, 9.17) is 11.0 Å². The van der Waals surface area contributed by atoms with Gasteiger partial charge in [-0.1, -0.05) is 34.1 Å². The Labute approximate surface area is 100 Å². The Bertz CT molecular complexity index is 540. The van der Waals surface area contributed by atoms with Gasteiger partial charge in [-0.15, -0.1) is 11.3 Å². The van der Waals surface area contributed by atoms with E-state index in [-0.39, 0.29) is 0 Å². The smallest absolute Gasteiger partial charge is 0.128 e. The van der Waals surface area contributed by atoms with Crippen LogP contribution in [0.4, 0.5) is 5.69 Å². The molecule has 0 atom stereocenters. The fourth-order valence-corrected chi connectivity index (χ4v) is 2.83. The molecule has 0 aliphatic rings. The Morgan fingerprint density at radius 3 is 2.67 bits per heavy atom. The molecule has 2 aromatic rings. The summed E-state index contributed by atoms with van der Waals surface area (Å²) in [6, 6.07) is 11.8. The van der Waals surface area contributed by atoms with Gasteiger partial charge >= 0.3 is 0 Å². The summed E-state index contributed by atoms with van der Waals surface area (Å²) in [5.74, 6) is 0. The Morgan fingerprint density at radius 2 is 2.07 bits per heavy atom. The zero-order valence-electron chi connectivity index (χ0n) is 7.70. The zero-order chi connectivity index (χ0) is 10.8. The van der Waals surface area contributed by atoms with Crippen molar-refractivity contribution in [2.45, 2.75) is 0 Å². The van der Waals surface area contributed by atoms with Gasteiger partial charge in [0, 0.05) is 14.9 Å². The standard InChI is InChI=1S/C11H7BrN2S/c12-8-4-2-1-3-7(8)10-5-9(14)11(6-13)15-10/h1-5H,14H2. The highest BCUT2D eigenvalue weighted by Gasteiger charge is 2.09. The first kappa shape index (κ1) is 10.2. The van der Waals surface area contributed by atoms with Gasteiger partial charge in [-0.3, -0.25) is 0 Å². The Balaban J connectivity index is 2.56. The van der Waals surface area contributed by atoms with Crippen LogP contribution in [0, 0.1) is 11.3 Å². The Morgan fingerprint density at radius 1 is 1.33 bits per heavy atom. The second kappa shape index (κ2) is 4.05. The van der Waals surface area contributed by atoms with Gasteiger partial charge in [0.15, 0.2) is 0 Å². The van der Waals surface area contributed by atoms with E-state index >= 15 is 0 Å². The summed E-state index contributed by atoms with van der Waals surface area (Å²) < 4.78 is 1.01. The predicted octanol–water partition coefficient (Wildman–Crippen LogP) is 3.63. The van der Waals surface area contributed by atoms with Crippen LogP contribution < -0.4 is 5.73 Å². The first-order chi connectivity index (χ1) is 7.22. The number of nitrogen functional groups attached to an aromatic ring is 1. The van der Waals surface area contributed by atoms with E-state index in [0.29, 0.717) is 10.6 Å². The third kappa shape index (κ3) is 1.89. The highest BCUT2D eigenvalue weighted by molar-refractivity contribution is 9.10. The number of rotatable bonds is 1. The van der Waals surface area contributed by atoms with Crippen LogP contribution in [0.2, 0.25) is 0 Å². The molecule has 1 heterocycles. The quantitative estimate of drug-likeness (QED) is 0.866. The van der Waals surface area contributed by atoms with Crippen molar-refractivity contribution in [3.05, 3.63) is 39.7 Å². The van der Waals surface area contributed by atoms with Crippen LogP contribution in [0.5, 0.6) is 0 Å². The summed E-state index contributed by atoms with van der Waals surface area (Å²) in [7, 11) is 0. The van der Waals surface area contributed by atoms with Gasteiger partial charge in [-0.05, 0) is 12.1 Å². The van der Waals surface area contributed by atoms with Crippen LogP contribution in [0.25, 0.3) is 10.4 Å². The molecule has 0 unspecified atom stereocenters. The molecule has 1 aromatic heterocycles. The van der Waals surface area contributed by atoms with Crippen LogP contribution in [0.1, 0.15) is 4.88 Å². The van der Waals surface area contributed by atoms with Crippen molar-refractivity contribution in [3.8, 4) is 16.5 Å². The second-order valence-corrected chi connectivity index (χ2v) is 4.89. The fourth-order valence-electron chi connectivity index (χ4n) is 1.29. The van der Waals surface area contributed by atoms with Crippen molar-refractivity contribution in [2.24, 2.45) is 0 Å². The number of hydrogen-bond acceptors (Lipinski definition) is 3. The summed E-state index contributed by atoms with van der Waals surface area (Å²) in [5, 5.41) is 8.82. The lowest BCUT2D eigenvalue weighted by atomic mass is 10.2. The maximum Gasteiger partial charge on any atom is 0.128 e. The maximum atomic E-state index is 8.82. The van der Waals surface area contributed by atoms with Crippen LogP contribution in [0.3, 0.4) is 0 Å². The fraction of sp³-hybridized carbons (Fsp3) is 0. The Kier molecular flexibility index (Phi) is 2.76. The summed E-state index contributed by atoms with van der Waals surface area (Å²) >= 11 is 4.88. The first-order valence-corrected chi connectivity index (χ1v) is 5.87. The van der Waals surface area contributed by atoms with Crippen LogP contribution in [-0.2, 0) is 0 Å². The van der Waals surface area contributed by atoms with Gasteiger partial charge in [0.1, 0.15) is 10.9 Å². The van der Waals surface area contributed by atoms with Gasteiger partial charge in [0.25, 0.3) is 0 Å². The number of hydrogen-bond donors (Lipinski definition) is 1. The molecule has 0 spiro atoms. The molecule has 0 radical (unpaired) electrons. The molecule has 1 aromatic carbocycles. The summed E-state index contributed by atoms with van der Waals surface area (Å²) in [6.07, 6.45) is 0. The average molecular weight is 279 g/mol. The molecule has 0 saturated carbocycles. The zero-order valence-corrected chi connectivity index (χ0v) is 10.1. The molecule has 4 heteroatoms. The van der Waals surface area contributed by atoms with Crippen LogP contribution >= 0.6 is 27.3 Å². The number of halogens is 1. The Hall–Kier alpha value is -1.31. The summed E-state index contributed by atoms with van der Waals surface area (Å²) in [4.78, 5) is 1.58. The van der Waals surface area contributed by atoms with Gasteiger partial charge in [0.05, 0.1) is 5.69 Å². The normalized spacial score (nSPS) is 9.87. The van der Waals surface area contributed by atoms with Gasteiger partial charge in [-0.25, -0.2) is 0 Å². The molecule has 0 fully saturated rings. The molecule has 2 N–H and O–H groups in total. The molecule has 74 valence electrons. The van der Waals surface area contributed by atoms with E-state index in [1.165, 1.54) is 11.3 Å². The van der Waals surface area contributed by atoms with Crippen molar-refractivity contribution in [2.75, 3.05) is 5.73 Å². The van der Waals surface area contributed by atoms with E-state index in [2.05, 4.69) is 22.0 Å². The van der Waals surface area contributed by atoms with Crippen molar-refractivity contribution >= 4 is 33.0 Å². The van der Waals surface area contributed by atoms with Crippen molar-refractivity contribution in [1.29, 1.82) is 5.26 Å². The van der Waals surface area contributed by atoms with Crippen molar-refractivity contribution < 1.29 is 0 Å². The van der Waals surface area contributed by atoms with Gasteiger partial charge in [-0.2, -0.15) is 5.26 Å². The molecule has 2 rings (SSSR count). The van der Waals surface area contributed by atoms with Crippen LogP contribution in [-0.4, -0.2) is 0 Å². The monoisotopic (exact) mass is 278 g/mol. The number of anilines is 1. The minimum atomic E-state index is 0.549. The SMILES string of the molecule is N#Cc1sc(-c2ccccc2Br)cc1N. The van der Waals surface area contributed by atoms with E-state index in [0.717, 1.165) is 14.9 Å². The average Bonchev–Trinajstić information content (AvgIpc) is 2.60. The van der Waals surface area contributed by atoms with Crippen molar-refractivity contribution in [3.63, 3.8) is 0 Å². The highest BCUT2D eigenvalue weighted by Crippen LogP contribution is 2.36. The van der Waals surface area contributed by atoms with Crippen molar-refractivity contribution in [1.82, 2.24) is 0 Å². The molecule has 0 aliphatic carbocycles. The number of nitriles is 1. The third-order valence-electron chi connectivity index (χ3n) is 2.00. The predicted molar refractivity (Wildman–Crippen MR) is 66.6 cm³/mol. The van der Waals surface area contributed by atoms with E-state index < -0.39 is 0 Å². The molecule has 0 aliphatic heterocycles. The lowest BCUT2D eigenvalue weighted by Gasteiger charge is -1.99. The molecule has 2 nitrogen and oxygen atoms in total. The molecular formula is C11H7BrN2S. The molecule has 15 heavy (non-hydrogen) atoms. The number of thiophene rings is 1. The third-order valence-corrected chi connectivity index (χ3v) is 3.78. The van der Waals surface area contributed by atoms with E-state index in [1.54, 1.807) is 0 Å². The maximum absolute atomic E-state index is 8.82. The topological polar surface area (TPSA) is 49.8 Å². The summed E-state index contributed by atoms with van der Waals surface area (Å²) in [5.41, 5.74) is 7.33. The minimum Gasteiger partial charge on any atom is -0.397 e. The van der Waals surface area contributed by atoms with Gasteiger partial charge in [0.2, 0.25) is 0 Å². The highest BCUT2D eigenvalue weighted by atomic mass is 79.9. The molecular weight excluding hydrogens is 272 g/mol. The van der Waals surface area contributed by atoms with E-state index in [9.17, 15) is 0 Å². The largest absolute Gasteiger partial charge is 0.397 e. The number of benzene rings is 1. The molecule has 0 bridgehead atoms. The molecule has 0 saturated heterocycles. The second-order valence-electron chi connectivity index (χ2n) is 2.99. The lowest BCUT2D eigenvalue weighted by molar-refractivity contribution is 1.52. The minimum absolute atomic E-state index is 0.549. The summed E-state index contributed by atoms with van der Waals surface area (Å²) in [6.45, 7) is 0. The van der Waals surface area contributed by atoms with E-state index in [1.807, 2.05) is 30.3 Å². The molecule has 0 amide bonds. The van der Waals surface area contributed by atoms with Gasteiger partial charge < -0.3 is 5.73 Å². The first-order valence-electron chi connectivity index (χ1n) is 4.26.